The van der Waals surface area contributed by atoms with E-state index in [0.29, 0.717) is 11.8 Å². The molecule has 0 radical (unpaired) electrons. The fourth-order valence-corrected chi connectivity index (χ4v) is 4.55. The largest absolute Gasteiger partial charge is 0.513 e. The number of hydrogen-bond donors (Lipinski definition) is 1. The lowest BCUT2D eigenvalue weighted by atomic mass is 9.67. The van der Waals surface area contributed by atoms with E-state index < -0.39 is 0 Å². The van der Waals surface area contributed by atoms with Crippen molar-refractivity contribution >= 4 is 0 Å². The van der Waals surface area contributed by atoms with Crippen LogP contribution in [0.3, 0.4) is 0 Å². The van der Waals surface area contributed by atoms with Crippen LogP contribution in [0.25, 0.3) is 0 Å². The van der Waals surface area contributed by atoms with Gasteiger partial charge in [-0.3, -0.25) is 0 Å². The van der Waals surface area contributed by atoms with Gasteiger partial charge >= 0.3 is 0 Å². The molecule has 0 aromatic heterocycles. The Bertz CT molecular complexity index is 605. The zero-order valence-corrected chi connectivity index (χ0v) is 15.6. The summed E-state index contributed by atoms with van der Waals surface area (Å²) < 4.78 is 6.06. The molecule has 0 aliphatic heterocycles. The van der Waals surface area contributed by atoms with Crippen LogP contribution in [0.4, 0.5) is 0 Å². The van der Waals surface area contributed by atoms with E-state index >= 15 is 0 Å². The molecule has 0 heterocycles. The molecule has 2 nitrogen and oxygen atoms in total. The Morgan fingerprint density at radius 1 is 1.12 bits per heavy atom. The monoisotopic (exact) mass is 340 g/mol. The third-order valence-electron chi connectivity index (χ3n) is 5.95. The molecule has 0 amide bonds. The van der Waals surface area contributed by atoms with Crippen LogP contribution in [-0.4, -0.2) is 11.7 Å². The first-order valence-corrected chi connectivity index (χ1v) is 9.86. The van der Waals surface area contributed by atoms with Crippen molar-refractivity contribution in [2.24, 2.45) is 5.41 Å². The first-order valence-electron chi connectivity index (χ1n) is 9.86. The number of benzene rings is 1. The molecule has 3 rings (SSSR count). The minimum absolute atomic E-state index is 0.244. The molecule has 2 heteroatoms. The lowest BCUT2D eigenvalue weighted by Gasteiger charge is -2.38. The number of aliphatic hydroxyl groups is 1. The van der Waals surface area contributed by atoms with E-state index in [9.17, 15) is 5.11 Å². The average molecular weight is 341 g/mol. The third kappa shape index (κ3) is 4.90. The zero-order chi connectivity index (χ0) is 17.7. The van der Waals surface area contributed by atoms with Crippen LogP contribution >= 0.6 is 0 Å². The lowest BCUT2D eigenvalue weighted by molar-refractivity contribution is 0.216. The summed E-state index contributed by atoms with van der Waals surface area (Å²) in [7, 11) is 0. The van der Waals surface area contributed by atoms with Gasteiger partial charge in [-0.05, 0) is 66.7 Å². The predicted molar refractivity (Wildman–Crippen MR) is 104 cm³/mol. The van der Waals surface area contributed by atoms with Crippen molar-refractivity contribution in [2.45, 2.75) is 70.6 Å². The molecule has 1 fully saturated rings. The van der Waals surface area contributed by atoms with Crippen LogP contribution in [0.1, 0.15) is 76.2 Å². The molecule has 1 saturated carbocycles. The summed E-state index contributed by atoms with van der Waals surface area (Å²) in [5.41, 5.74) is 3.18. The van der Waals surface area contributed by atoms with Crippen molar-refractivity contribution in [3.63, 3.8) is 0 Å². The Balaban J connectivity index is 1.57. The quantitative estimate of drug-likeness (QED) is 0.461. The van der Waals surface area contributed by atoms with Gasteiger partial charge in [0.15, 0.2) is 0 Å². The standard InChI is InChI=1S/C23H32O2/c1-18(15-19(2)24)21-8-10-22(11-9-21)25-17-20-7-6-14-23(16-20)12-4-3-5-13-23/h8-11,16,18,24H,2-7,12-15,17H2,1H3. The third-order valence-corrected chi connectivity index (χ3v) is 5.95. The van der Waals surface area contributed by atoms with E-state index in [4.69, 9.17) is 4.74 Å². The minimum Gasteiger partial charge on any atom is -0.513 e. The Kier molecular flexibility index (Phi) is 5.88. The molecule has 0 saturated heterocycles. The maximum absolute atomic E-state index is 9.35. The molecule has 1 atom stereocenters. The van der Waals surface area contributed by atoms with E-state index in [1.54, 1.807) is 0 Å². The normalized spacial score (nSPS) is 20.8. The van der Waals surface area contributed by atoms with Crippen molar-refractivity contribution in [3.8, 4) is 5.75 Å². The molecule has 1 aromatic rings. The van der Waals surface area contributed by atoms with Crippen LogP contribution in [-0.2, 0) is 0 Å². The van der Waals surface area contributed by atoms with E-state index in [1.807, 2.05) is 12.1 Å². The van der Waals surface area contributed by atoms with Crippen molar-refractivity contribution in [1.82, 2.24) is 0 Å². The van der Waals surface area contributed by atoms with Gasteiger partial charge in [-0.1, -0.05) is 51.0 Å². The van der Waals surface area contributed by atoms with Gasteiger partial charge in [0.2, 0.25) is 0 Å². The van der Waals surface area contributed by atoms with E-state index in [-0.39, 0.29) is 11.7 Å². The summed E-state index contributed by atoms with van der Waals surface area (Å²) in [6.07, 6.45) is 14.0. The molecular formula is C23H32O2. The second kappa shape index (κ2) is 8.12. The predicted octanol–water partition coefficient (Wildman–Crippen LogP) is 6.69. The summed E-state index contributed by atoms with van der Waals surface area (Å²) in [5.74, 6) is 1.45. The first-order chi connectivity index (χ1) is 12.1. The number of ether oxygens (including phenoxy) is 1. The fraction of sp³-hybridized carbons (Fsp3) is 0.565. The fourth-order valence-electron chi connectivity index (χ4n) is 4.55. The highest BCUT2D eigenvalue weighted by molar-refractivity contribution is 5.30. The highest BCUT2D eigenvalue weighted by atomic mass is 16.5. The molecule has 1 aromatic carbocycles. The Labute approximate surface area is 152 Å². The van der Waals surface area contributed by atoms with E-state index in [0.717, 1.165) is 12.4 Å². The number of rotatable bonds is 6. The van der Waals surface area contributed by atoms with E-state index in [1.165, 1.54) is 62.5 Å². The molecule has 136 valence electrons. The van der Waals surface area contributed by atoms with Crippen LogP contribution in [0.2, 0.25) is 0 Å². The van der Waals surface area contributed by atoms with Gasteiger partial charge in [0.1, 0.15) is 12.4 Å². The molecule has 2 aliphatic carbocycles. The highest BCUT2D eigenvalue weighted by Gasteiger charge is 2.32. The maximum Gasteiger partial charge on any atom is 0.119 e. The van der Waals surface area contributed by atoms with E-state index in [2.05, 4.69) is 31.7 Å². The summed E-state index contributed by atoms with van der Waals surface area (Å²) in [5, 5.41) is 9.35. The van der Waals surface area contributed by atoms with Crippen molar-refractivity contribution < 1.29 is 9.84 Å². The molecule has 1 N–H and O–H groups in total. The highest BCUT2D eigenvalue weighted by Crippen LogP contribution is 2.45. The van der Waals surface area contributed by atoms with Crippen molar-refractivity contribution in [2.75, 3.05) is 6.61 Å². The number of allylic oxidation sites excluding steroid dienone is 2. The topological polar surface area (TPSA) is 29.5 Å². The van der Waals surface area contributed by atoms with Gasteiger partial charge in [0.25, 0.3) is 0 Å². The Morgan fingerprint density at radius 2 is 1.80 bits per heavy atom. The van der Waals surface area contributed by atoms with Crippen LogP contribution in [0.15, 0.2) is 48.3 Å². The minimum atomic E-state index is 0.244. The van der Waals surface area contributed by atoms with Crippen LogP contribution in [0, 0.1) is 5.41 Å². The molecule has 1 unspecified atom stereocenters. The molecule has 25 heavy (non-hydrogen) atoms. The van der Waals surface area contributed by atoms with Gasteiger partial charge in [-0.25, -0.2) is 0 Å². The van der Waals surface area contributed by atoms with Gasteiger partial charge < -0.3 is 9.84 Å². The second-order valence-corrected chi connectivity index (χ2v) is 8.11. The number of aliphatic hydroxyl groups excluding tert-OH is 1. The summed E-state index contributed by atoms with van der Waals surface area (Å²) in [6, 6.07) is 8.29. The lowest BCUT2D eigenvalue weighted by Crippen LogP contribution is -2.25. The van der Waals surface area contributed by atoms with Gasteiger partial charge in [-0.2, -0.15) is 0 Å². The van der Waals surface area contributed by atoms with Crippen molar-refractivity contribution in [1.29, 1.82) is 0 Å². The summed E-state index contributed by atoms with van der Waals surface area (Å²) in [4.78, 5) is 0. The molecule has 1 spiro atoms. The molecule has 2 aliphatic rings. The SMILES string of the molecule is C=C(O)CC(C)c1ccc(OCC2=CC3(CCCCC3)CCC2)cc1. The van der Waals surface area contributed by atoms with Crippen LogP contribution < -0.4 is 4.74 Å². The second-order valence-electron chi connectivity index (χ2n) is 8.11. The zero-order valence-electron chi connectivity index (χ0n) is 15.6. The van der Waals surface area contributed by atoms with Gasteiger partial charge in [0, 0.05) is 6.42 Å². The average Bonchev–Trinajstić information content (AvgIpc) is 2.61. The molecule has 0 bridgehead atoms. The Morgan fingerprint density at radius 3 is 2.48 bits per heavy atom. The van der Waals surface area contributed by atoms with Gasteiger partial charge in [-0.15, -0.1) is 0 Å². The summed E-state index contributed by atoms with van der Waals surface area (Å²) >= 11 is 0. The first kappa shape index (κ1) is 18.1. The summed E-state index contributed by atoms with van der Waals surface area (Å²) in [6.45, 7) is 6.41. The van der Waals surface area contributed by atoms with Crippen LogP contribution in [0.5, 0.6) is 5.75 Å². The van der Waals surface area contributed by atoms with Crippen molar-refractivity contribution in [3.05, 3.63) is 53.8 Å². The Hall–Kier alpha value is -1.70. The molecular weight excluding hydrogens is 308 g/mol. The maximum atomic E-state index is 9.35. The smallest absolute Gasteiger partial charge is 0.119 e. The number of hydrogen-bond acceptors (Lipinski definition) is 2. The van der Waals surface area contributed by atoms with Gasteiger partial charge in [0.05, 0.1) is 5.76 Å².